The molecule has 0 spiro atoms. The molecule has 1 atom stereocenters. The second-order valence-electron chi connectivity index (χ2n) is 7.29. The van der Waals surface area contributed by atoms with Crippen molar-refractivity contribution in [2.45, 2.75) is 45.3 Å². The molecule has 6 heteroatoms. The lowest BCUT2D eigenvalue weighted by atomic mass is 9.96. The van der Waals surface area contributed by atoms with Gasteiger partial charge in [0.1, 0.15) is 6.61 Å². The number of aliphatic hydroxyl groups is 2. The van der Waals surface area contributed by atoms with Gasteiger partial charge in [-0.05, 0) is 57.9 Å². The van der Waals surface area contributed by atoms with E-state index in [1.807, 2.05) is 25.1 Å². The van der Waals surface area contributed by atoms with Crippen LogP contribution in [0.25, 0.3) is 21.9 Å². The molecule has 144 valence electrons. The first kappa shape index (κ1) is 19.2. The third-order valence-electron chi connectivity index (χ3n) is 4.57. The van der Waals surface area contributed by atoms with E-state index < -0.39 is 17.3 Å². The molecule has 6 nitrogen and oxygen atoms in total. The molecule has 1 unspecified atom stereocenters. The maximum Gasteiger partial charge on any atom is 0.336 e. The number of rotatable bonds is 7. The molecule has 0 aliphatic carbocycles. The second kappa shape index (κ2) is 7.58. The zero-order valence-electron chi connectivity index (χ0n) is 15.7. The molecule has 0 bridgehead atoms. The first-order valence-corrected chi connectivity index (χ1v) is 8.88. The van der Waals surface area contributed by atoms with Crippen LogP contribution in [0.4, 0.5) is 0 Å². The van der Waals surface area contributed by atoms with Crippen LogP contribution < -0.4 is 10.4 Å². The highest BCUT2D eigenvalue weighted by molar-refractivity contribution is 5.99. The van der Waals surface area contributed by atoms with Gasteiger partial charge in [0.25, 0.3) is 0 Å². The Morgan fingerprint density at radius 3 is 2.74 bits per heavy atom. The van der Waals surface area contributed by atoms with Crippen LogP contribution in [0.3, 0.4) is 0 Å². The Hall–Kier alpha value is -2.57. The van der Waals surface area contributed by atoms with E-state index in [0.717, 1.165) is 16.3 Å². The predicted octanol–water partition coefficient (Wildman–Crippen LogP) is 3.78. The van der Waals surface area contributed by atoms with Crippen molar-refractivity contribution in [1.29, 1.82) is 0 Å². The fraction of sp³-hybridized carbons (Fsp3) is 0.381. The Morgan fingerprint density at radius 1 is 1.26 bits per heavy atom. The standard InChI is InChI=1S/C21H24O6/c1-13(4-6-16(22)21(2,3)24)8-10-26-20-18-15(9-11-25-18)12-14-5-7-17(23)27-19(14)20/h5,7-9,11-12,16,22,24H,4,6,10H2,1-3H3. The van der Waals surface area contributed by atoms with Crippen molar-refractivity contribution in [3.8, 4) is 5.75 Å². The molecular formula is C21H24O6. The fourth-order valence-corrected chi connectivity index (χ4v) is 2.82. The zero-order chi connectivity index (χ0) is 19.6. The van der Waals surface area contributed by atoms with Gasteiger partial charge in [0.05, 0.1) is 18.0 Å². The van der Waals surface area contributed by atoms with Crippen LogP contribution in [0.1, 0.15) is 33.6 Å². The van der Waals surface area contributed by atoms with Crippen molar-refractivity contribution in [3.63, 3.8) is 0 Å². The van der Waals surface area contributed by atoms with Crippen molar-refractivity contribution in [2.24, 2.45) is 0 Å². The van der Waals surface area contributed by atoms with E-state index in [1.54, 1.807) is 26.2 Å². The Balaban J connectivity index is 1.77. The normalized spacial score (nSPS) is 14.0. The van der Waals surface area contributed by atoms with Gasteiger partial charge in [-0.15, -0.1) is 0 Å². The Labute approximate surface area is 156 Å². The molecule has 3 aromatic rings. The summed E-state index contributed by atoms with van der Waals surface area (Å²) < 4.78 is 16.7. The predicted molar refractivity (Wildman–Crippen MR) is 103 cm³/mol. The molecule has 3 rings (SSSR count). The number of fused-ring (bicyclic) bond motifs is 2. The number of allylic oxidation sites excluding steroid dienone is 1. The van der Waals surface area contributed by atoms with E-state index in [4.69, 9.17) is 13.6 Å². The zero-order valence-corrected chi connectivity index (χ0v) is 15.7. The van der Waals surface area contributed by atoms with Crippen molar-refractivity contribution in [3.05, 3.63) is 52.6 Å². The Kier molecular flexibility index (Phi) is 5.39. The van der Waals surface area contributed by atoms with Gasteiger partial charge in [-0.2, -0.15) is 0 Å². The summed E-state index contributed by atoms with van der Waals surface area (Å²) in [6.45, 7) is 5.37. The number of furan rings is 1. The molecule has 0 aliphatic heterocycles. The van der Waals surface area contributed by atoms with Crippen LogP contribution in [0, 0.1) is 0 Å². The van der Waals surface area contributed by atoms with Crippen LogP contribution in [-0.4, -0.2) is 28.5 Å². The minimum absolute atomic E-state index is 0.262. The molecule has 1 aromatic carbocycles. The Bertz CT molecular complexity index is 1020. The fourth-order valence-electron chi connectivity index (χ4n) is 2.82. The maximum atomic E-state index is 11.6. The molecule has 0 saturated heterocycles. The number of hydrogen-bond donors (Lipinski definition) is 2. The monoisotopic (exact) mass is 372 g/mol. The van der Waals surface area contributed by atoms with Gasteiger partial charge in [-0.1, -0.05) is 5.57 Å². The van der Waals surface area contributed by atoms with Crippen molar-refractivity contribution < 1.29 is 23.8 Å². The summed E-state index contributed by atoms with van der Waals surface area (Å²) in [7, 11) is 0. The molecule has 0 aliphatic rings. The summed E-state index contributed by atoms with van der Waals surface area (Å²) in [4.78, 5) is 11.6. The molecule has 0 radical (unpaired) electrons. The summed E-state index contributed by atoms with van der Waals surface area (Å²) >= 11 is 0. The third-order valence-corrected chi connectivity index (χ3v) is 4.57. The molecule has 2 aromatic heterocycles. The van der Waals surface area contributed by atoms with E-state index in [2.05, 4.69) is 0 Å². The summed E-state index contributed by atoms with van der Waals surface area (Å²) in [5.41, 5.74) is 0.331. The van der Waals surface area contributed by atoms with Gasteiger partial charge in [-0.3, -0.25) is 0 Å². The summed E-state index contributed by atoms with van der Waals surface area (Å²) in [6, 6.07) is 6.77. The lowest BCUT2D eigenvalue weighted by Crippen LogP contribution is -2.35. The van der Waals surface area contributed by atoms with Crippen LogP contribution in [0.15, 0.2) is 55.8 Å². The quantitative estimate of drug-likeness (QED) is 0.484. The number of ether oxygens (including phenoxy) is 1. The first-order chi connectivity index (χ1) is 12.8. The number of aliphatic hydroxyl groups excluding tert-OH is 1. The van der Waals surface area contributed by atoms with Crippen molar-refractivity contribution in [1.82, 2.24) is 0 Å². The SMILES string of the molecule is CC(=CCOc1c2occc2cc2ccc(=O)oc12)CCC(O)C(C)(C)O. The maximum absolute atomic E-state index is 11.6. The van der Waals surface area contributed by atoms with Crippen molar-refractivity contribution >= 4 is 21.9 Å². The van der Waals surface area contributed by atoms with Gasteiger partial charge in [0.15, 0.2) is 11.2 Å². The minimum atomic E-state index is -1.12. The molecule has 27 heavy (non-hydrogen) atoms. The molecular weight excluding hydrogens is 348 g/mol. The first-order valence-electron chi connectivity index (χ1n) is 8.88. The summed E-state index contributed by atoms with van der Waals surface area (Å²) in [5, 5.41) is 21.3. The van der Waals surface area contributed by atoms with Crippen LogP contribution >= 0.6 is 0 Å². The molecule has 0 saturated carbocycles. The van der Waals surface area contributed by atoms with Crippen LogP contribution in [0.2, 0.25) is 0 Å². The largest absolute Gasteiger partial charge is 0.482 e. The highest BCUT2D eigenvalue weighted by Crippen LogP contribution is 2.35. The van der Waals surface area contributed by atoms with Crippen LogP contribution in [-0.2, 0) is 0 Å². The summed E-state index contributed by atoms with van der Waals surface area (Å²) in [6.07, 6.45) is 3.75. The van der Waals surface area contributed by atoms with E-state index >= 15 is 0 Å². The number of hydrogen-bond acceptors (Lipinski definition) is 6. The Morgan fingerprint density at radius 2 is 2.00 bits per heavy atom. The van der Waals surface area contributed by atoms with Crippen molar-refractivity contribution in [2.75, 3.05) is 6.61 Å². The molecule has 2 N–H and O–H groups in total. The van der Waals surface area contributed by atoms with E-state index in [1.165, 1.54) is 6.07 Å². The summed E-state index contributed by atoms with van der Waals surface area (Å²) in [5.74, 6) is 0.394. The van der Waals surface area contributed by atoms with E-state index in [-0.39, 0.29) is 6.61 Å². The van der Waals surface area contributed by atoms with E-state index in [9.17, 15) is 15.0 Å². The third kappa shape index (κ3) is 4.40. The molecule has 0 amide bonds. The lowest BCUT2D eigenvalue weighted by molar-refractivity contribution is -0.0509. The van der Waals surface area contributed by atoms with Gasteiger partial charge < -0.3 is 23.8 Å². The topological polar surface area (TPSA) is 93.0 Å². The molecule has 0 fully saturated rings. The number of benzene rings is 1. The van der Waals surface area contributed by atoms with Gasteiger partial charge in [0.2, 0.25) is 5.75 Å². The second-order valence-corrected chi connectivity index (χ2v) is 7.29. The molecule has 2 heterocycles. The minimum Gasteiger partial charge on any atom is -0.482 e. The van der Waals surface area contributed by atoms with Gasteiger partial charge in [0, 0.05) is 16.8 Å². The average Bonchev–Trinajstić information content (AvgIpc) is 3.06. The van der Waals surface area contributed by atoms with E-state index in [0.29, 0.717) is 29.8 Å². The lowest BCUT2D eigenvalue weighted by Gasteiger charge is -2.24. The smallest absolute Gasteiger partial charge is 0.336 e. The van der Waals surface area contributed by atoms with Crippen LogP contribution in [0.5, 0.6) is 5.75 Å². The van der Waals surface area contributed by atoms with Gasteiger partial charge in [-0.25, -0.2) is 4.79 Å². The highest BCUT2D eigenvalue weighted by Gasteiger charge is 2.23. The average molecular weight is 372 g/mol. The highest BCUT2D eigenvalue weighted by atomic mass is 16.5. The van der Waals surface area contributed by atoms with Gasteiger partial charge >= 0.3 is 5.63 Å².